The van der Waals surface area contributed by atoms with Crippen LogP contribution in [-0.2, 0) is 0 Å². The van der Waals surface area contributed by atoms with Gasteiger partial charge in [-0.3, -0.25) is 0 Å². The summed E-state index contributed by atoms with van der Waals surface area (Å²) >= 11 is 3.37. The molecule has 3 N–H and O–H groups in total. The maximum absolute atomic E-state index is 6.35. The van der Waals surface area contributed by atoms with Gasteiger partial charge in [-0.15, -0.1) is 0 Å². The molecular formula is C17H25BrN6. The van der Waals surface area contributed by atoms with E-state index in [9.17, 15) is 0 Å². The van der Waals surface area contributed by atoms with Crippen molar-refractivity contribution in [3.63, 3.8) is 0 Å². The van der Waals surface area contributed by atoms with Crippen LogP contribution < -0.4 is 16.0 Å². The standard InChI is InChI=1S/C17H25BrN6/c1-11(2)8-24(9-12(3)4)17-15(19)16(21-10-22-17)23-14-6-5-13(18)7-20-14/h5-7,10-12H,8-9,19H2,1-4H3,(H,20,21,22,23). The molecule has 0 fully saturated rings. The second kappa shape index (κ2) is 8.28. The van der Waals surface area contributed by atoms with E-state index in [1.54, 1.807) is 12.5 Å². The summed E-state index contributed by atoms with van der Waals surface area (Å²) in [4.78, 5) is 15.2. The Labute approximate surface area is 152 Å². The van der Waals surface area contributed by atoms with Gasteiger partial charge >= 0.3 is 0 Å². The predicted octanol–water partition coefficient (Wildman–Crippen LogP) is 4.08. The Hall–Kier alpha value is -1.89. The summed E-state index contributed by atoms with van der Waals surface area (Å²) in [6.45, 7) is 10.6. The molecule has 0 aromatic carbocycles. The zero-order chi connectivity index (χ0) is 17.7. The number of anilines is 4. The molecule has 2 aromatic rings. The van der Waals surface area contributed by atoms with E-state index in [-0.39, 0.29) is 0 Å². The maximum Gasteiger partial charge on any atom is 0.160 e. The summed E-state index contributed by atoms with van der Waals surface area (Å²) < 4.78 is 0.921. The Morgan fingerprint density at radius 3 is 2.29 bits per heavy atom. The third-order valence-electron chi connectivity index (χ3n) is 3.31. The van der Waals surface area contributed by atoms with Crippen molar-refractivity contribution in [2.75, 3.05) is 29.0 Å². The number of pyridine rings is 1. The van der Waals surface area contributed by atoms with Crippen molar-refractivity contribution in [1.29, 1.82) is 0 Å². The largest absolute Gasteiger partial charge is 0.393 e. The highest BCUT2D eigenvalue weighted by Crippen LogP contribution is 2.29. The minimum absolute atomic E-state index is 0.516. The van der Waals surface area contributed by atoms with Gasteiger partial charge in [0.05, 0.1) is 0 Å². The number of nitrogens with one attached hydrogen (secondary N) is 1. The smallest absolute Gasteiger partial charge is 0.160 e. The summed E-state index contributed by atoms with van der Waals surface area (Å²) in [5, 5.41) is 3.17. The fourth-order valence-corrected chi connectivity index (χ4v) is 2.67. The van der Waals surface area contributed by atoms with Crippen molar-refractivity contribution in [1.82, 2.24) is 15.0 Å². The van der Waals surface area contributed by atoms with Crippen LogP contribution in [0.5, 0.6) is 0 Å². The predicted molar refractivity (Wildman–Crippen MR) is 104 cm³/mol. The minimum Gasteiger partial charge on any atom is -0.393 e. The third kappa shape index (κ3) is 5.06. The normalized spacial score (nSPS) is 11.1. The van der Waals surface area contributed by atoms with E-state index in [0.717, 1.165) is 23.4 Å². The maximum atomic E-state index is 6.35. The number of hydrogen-bond acceptors (Lipinski definition) is 6. The highest BCUT2D eigenvalue weighted by molar-refractivity contribution is 9.10. The molecule has 130 valence electrons. The van der Waals surface area contributed by atoms with E-state index >= 15 is 0 Å². The van der Waals surface area contributed by atoms with Crippen LogP contribution in [0.25, 0.3) is 0 Å². The lowest BCUT2D eigenvalue weighted by Crippen LogP contribution is -2.32. The minimum atomic E-state index is 0.516. The molecule has 2 aromatic heterocycles. The van der Waals surface area contributed by atoms with Crippen molar-refractivity contribution in [3.05, 3.63) is 29.1 Å². The second-order valence-electron chi connectivity index (χ2n) is 6.64. The molecule has 0 radical (unpaired) electrons. The summed E-state index contributed by atoms with van der Waals surface area (Å²) in [5.41, 5.74) is 6.89. The summed E-state index contributed by atoms with van der Waals surface area (Å²) in [6.07, 6.45) is 3.27. The molecule has 6 nitrogen and oxygen atoms in total. The molecule has 24 heavy (non-hydrogen) atoms. The van der Waals surface area contributed by atoms with Crippen LogP contribution in [0.2, 0.25) is 0 Å². The molecule has 2 rings (SSSR count). The third-order valence-corrected chi connectivity index (χ3v) is 3.78. The van der Waals surface area contributed by atoms with Gasteiger partial charge in [0.2, 0.25) is 0 Å². The quantitative estimate of drug-likeness (QED) is 0.738. The van der Waals surface area contributed by atoms with Gasteiger partial charge in [-0.05, 0) is 39.9 Å². The van der Waals surface area contributed by atoms with Crippen LogP contribution in [0.3, 0.4) is 0 Å². The number of nitrogens with zero attached hydrogens (tertiary/aromatic N) is 4. The Bertz CT molecular complexity index is 647. The van der Waals surface area contributed by atoms with Gasteiger partial charge in [0, 0.05) is 23.8 Å². The highest BCUT2D eigenvalue weighted by Gasteiger charge is 2.17. The first-order valence-electron chi connectivity index (χ1n) is 8.10. The van der Waals surface area contributed by atoms with Crippen molar-refractivity contribution >= 4 is 39.1 Å². The number of halogens is 1. The molecule has 0 aliphatic heterocycles. The first kappa shape index (κ1) is 18.4. The highest BCUT2D eigenvalue weighted by atomic mass is 79.9. The van der Waals surface area contributed by atoms with E-state index in [0.29, 0.717) is 29.2 Å². The topological polar surface area (TPSA) is 80.0 Å². The van der Waals surface area contributed by atoms with Gasteiger partial charge in [-0.1, -0.05) is 27.7 Å². The van der Waals surface area contributed by atoms with Crippen molar-refractivity contribution in [2.24, 2.45) is 11.8 Å². The number of rotatable bonds is 7. The van der Waals surface area contributed by atoms with Crippen LogP contribution in [0.1, 0.15) is 27.7 Å². The average molecular weight is 393 g/mol. The number of hydrogen-bond donors (Lipinski definition) is 2. The van der Waals surface area contributed by atoms with Crippen LogP contribution in [0, 0.1) is 11.8 Å². The molecule has 0 aliphatic carbocycles. The summed E-state index contributed by atoms with van der Waals surface area (Å²) in [6, 6.07) is 3.78. The lowest BCUT2D eigenvalue weighted by molar-refractivity contribution is 0.549. The van der Waals surface area contributed by atoms with E-state index in [1.807, 2.05) is 12.1 Å². The molecule has 0 unspecified atom stereocenters. The monoisotopic (exact) mass is 392 g/mol. The Kier molecular flexibility index (Phi) is 6.36. The van der Waals surface area contributed by atoms with Gasteiger partial charge in [0.25, 0.3) is 0 Å². The van der Waals surface area contributed by atoms with Gasteiger partial charge in [0.1, 0.15) is 17.8 Å². The molecule has 0 spiro atoms. The van der Waals surface area contributed by atoms with Crippen LogP contribution in [0.15, 0.2) is 29.1 Å². The van der Waals surface area contributed by atoms with E-state index in [1.165, 1.54) is 0 Å². The zero-order valence-corrected chi connectivity index (χ0v) is 16.2. The molecule has 0 atom stereocenters. The zero-order valence-electron chi connectivity index (χ0n) is 14.6. The van der Waals surface area contributed by atoms with Crippen LogP contribution >= 0.6 is 15.9 Å². The average Bonchev–Trinajstić information content (AvgIpc) is 2.50. The Balaban J connectivity index is 2.28. The molecule has 0 saturated heterocycles. The number of nitrogen functional groups attached to an aromatic ring is 1. The first-order valence-corrected chi connectivity index (χ1v) is 8.90. The second-order valence-corrected chi connectivity index (χ2v) is 7.55. The van der Waals surface area contributed by atoms with Crippen molar-refractivity contribution in [2.45, 2.75) is 27.7 Å². The summed E-state index contributed by atoms with van der Waals surface area (Å²) in [5.74, 6) is 3.07. The lowest BCUT2D eigenvalue weighted by atomic mass is 10.1. The molecule has 0 saturated carbocycles. The number of nitrogens with two attached hydrogens (primary N) is 1. The molecule has 7 heteroatoms. The fourth-order valence-electron chi connectivity index (χ4n) is 2.44. The van der Waals surface area contributed by atoms with E-state index in [4.69, 9.17) is 5.73 Å². The molecule has 0 amide bonds. The summed E-state index contributed by atoms with van der Waals surface area (Å²) in [7, 11) is 0. The molecule has 2 heterocycles. The Morgan fingerprint density at radius 1 is 1.08 bits per heavy atom. The van der Waals surface area contributed by atoms with E-state index < -0.39 is 0 Å². The lowest BCUT2D eigenvalue weighted by Gasteiger charge is -2.28. The van der Waals surface area contributed by atoms with E-state index in [2.05, 4.69) is 68.8 Å². The number of aromatic nitrogens is 3. The fraction of sp³-hybridized carbons (Fsp3) is 0.471. The van der Waals surface area contributed by atoms with Gasteiger partial charge in [-0.25, -0.2) is 15.0 Å². The molecule has 0 aliphatic rings. The Morgan fingerprint density at radius 2 is 1.75 bits per heavy atom. The molecular weight excluding hydrogens is 368 g/mol. The van der Waals surface area contributed by atoms with Crippen LogP contribution in [-0.4, -0.2) is 28.0 Å². The van der Waals surface area contributed by atoms with Gasteiger partial charge in [-0.2, -0.15) is 0 Å². The SMILES string of the molecule is CC(C)CN(CC(C)C)c1ncnc(Nc2ccc(Br)cn2)c1N. The van der Waals surface area contributed by atoms with Gasteiger partial charge in [0.15, 0.2) is 11.6 Å². The van der Waals surface area contributed by atoms with Crippen LogP contribution in [0.4, 0.5) is 23.1 Å². The van der Waals surface area contributed by atoms with Crippen molar-refractivity contribution in [3.8, 4) is 0 Å². The van der Waals surface area contributed by atoms with Crippen molar-refractivity contribution < 1.29 is 0 Å². The first-order chi connectivity index (χ1) is 11.4. The molecule has 0 bridgehead atoms. The van der Waals surface area contributed by atoms with Gasteiger partial charge < -0.3 is 16.0 Å².